The number of ether oxygens (including phenoxy) is 3. The summed E-state index contributed by atoms with van der Waals surface area (Å²) in [4.78, 5) is 23.5. The Morgan fingerprint density at radius 2 is 1.76 bits per heavy atom. The van der Waals surface area contributed by atoms with Crippen molar-refractivity contribution in [3.8, 4) is 11.5 Å². The van der Waals surface area contributed by atoms with Gasteiger partial charge in [0.05, 0.1) is 0 Å². The Hall–Kier alpha value is -2.86. The third kappa shape index (κ3) is 5.06. The van der Waals surface area contributed by atoms with Gasteiger partial charge < -0.3 is 19.5 Å². The lowest BCUT2D eigenvalue weighted by molar-refractivity contribution is -0.156. The van der Waals surface area contributed by atoms with Gasteiger partial charge in [0.2, 0.25) is 0 Å². The number of esters is 1. The summed E-state index contributed by atoms with van der Waals surface area (Å²) in [6.45, 7) is 0.227. The Bertz CT molecular complexity index is 708. The molecule has 0 radical (unpaired) electrons. The molecular formula is C19H19NO5. The van der Waals surface area contributed by atoms with Crippen LogP contribution in [0.5, 0.6) is 11.5 Å². The van der Waals surface area contributed by atoms with Crippen LogP contribution in [0.25, 0.3) is 0 Å². The van der Waals surface area contributed by atoms with Gasteiger partial charge in [-0.3, -0.25) is 4.79 Å². The number of rotatable bonds is 6. The van der Waals surface area contributed by atoms with E-state index in [0.717, 1.165) is 12.2 Å². The molecule has 0 saturated carbocycles. The lowest BCUT2D eigenvalue weighted by atomic mass is 10.2. The number of anilines is 1. The van der Waals surface area contributed by atoms with Crippen molar-refractivity contribution in [1.82, 2.24) is 0 Å². The number of carbonyl (C=O) groups excluding carboxylic acids is 2. The average molecular weight is 341 g/mol. The summed E-state index contributed by atoms with van der Waals surface area (Å²) in [5.74, 6) is 0.511. The second-order valence-electron chi connectivity index (χ2n) is 5.60. The van der Waals surface area contributed by atoms with Crippen LogP contribution in [0.4, 0.5) is 5.69 Å². The molecule has 0 aliphatic carbocycles. The molecule has 25 heavy (non-hydrogen) atoms. The van der Waals surface area contributed by atoms with Gasteiger partial charge in [0.1, 0.15) is 11.5 Å². The van der Waals surface area contributed by atoms with Gasteiger partial charge in [-0.2, -0.15) is 0 Å². The summed E-state index contributed by atoms with van der Waals surface area (Å²) in [5.41, 5.74) is 0.596. The van der Waals surface area contributed by atoms with E-state index in [0.29, 0.717) is 24.5 Å². The van der Waals surface area contributed by atoms with Gasteiger partial charge in [-0.05, 0) is 49.2 Å². The van der Waals surface area contributed by atoms with Crippen molar-refractivity contribution < 1.29 is 23.8 Å². The number of carbonyl (C=O) groups is 2. The molecule has 1 aliphatic heterocycles. The fraction of sp³-hybridized carbons (Fsp3) is 0.263. The van der Waals surface area contributed by atoms with Crippen molar-refractivity contribution in [2.24, 2.45) is 0 Å². The van der Waals surface area contributed by atoms with Crippen molar-refractivity contribution in [3.05, 3.63) is 54.6 Å². The maximum atomic E-state index is 11.8. The van der Waals surface area contributed by atoms with E-state index < -0.39 is 18.0 Å². The van der Waals surface area contributed by atoms with Crippen LogP contribution in [0, 0.1) is 0 Å². The van der Waals surface area contributed by atoms with Crippen molar-refractivity contribution in [1.29, 1.82) is 0 Å². The summed E-state index contributed by atoms with van der Waals surface area (Å²) in [6, 6.07) is 16.4. The molecule has 1 heterocycles. The second kappa shape index (κ2) is 8.30. The minimum atomic E-state index is -0.540. The molecule has 1 aliphatic rings. The van der Waals surface area contributed by atoms with Crippen molar-refractivity contribution in [2.45, 2.75) is 18.9 Å². The highest BCUT2D eigenvalue weighted by Gasteiger charge is 2.25. The zero-order valence-corrected chi connectivity index (χ0v) is 13.6. The van der Waals surface area contributed by atoms with Gasteiger partial charge in [0.15, 0.2) is 12.7 Å². The highest BCUT2D eigenvalue weighted by atomic mass is 16.6. The highest BCUT2D eigenvalue weighted by molar-refractivity contribution is 5.93. The van der Waals surface area contributed by atoms with E-state index in [1.54, 1.807) is 24.3 Å². The van der Waals surface area contributed by atoms with Crippen LogP contribution < -0.4 is 10.1 Å². The number of benzene rings is 2. The molecule has 0 spiro atoms. The first-order valence-corrected chi connectivity index (χ1v) is 8.12. The Morgan fingerprint density at radius 3 is 2.44 bits per heavy atom. The van der Waals surface area contributed by atoms with Crippen molar-refractivity contribution in [3.63, 3.8) is 0 Å². The Balaban J connectivity index is 1.46. The standard InChI is InChI=1S/C19H19NO5/c21-18(13-24-19(22)17-7-4-12-23-17)20-14-8-10-16(11-9-14)25-15-5-2-1-3-6-15/h1-3,5-6,8-11,17H,4,7,12-13H2,(H,20,21)/t17-/m0/s1. The third-order valence-electron chi connectivity index (χ3n) is 3.66. The predicted molar refractivity (Wildman–Crippen MR) is 91.5 cm³/mol. The first kappa shape index (κ1) is 17.0. The van der Waals surface area contributed by atoms with Crippen LogP contribution in [0.2, 0.25) is 0 Å². The van der Waals surface area contributed by atoms with Gasteiger partial charge >= 0.3 is 5.97 Å². The molecule has 6 heteroatoms. The number of para-hydroxylation sites is 1. The van der Waals surface area contributed by atoms with Crippen LogP contribution in [0.15, 0.2) is 54.6 Å². The lowest BCUT2D eigenvalue weighted by Crippen LogP contribution is -2.27. The van der Waals surface area contributed by atoms with E-state index in [2.05, 4.69) is 5.32 Å². The van der Waals surface area contributed by atoms with E-state index in [9.17, 15) is 9.59 Å². The fourth-order valence-corrected chi connectivity index (χ4v) is 2.42. The van der Waals surface area contributed by atoms with Crippen LogP contribution >= 0.6 is 0 Å². The van der Waals surface area contributed by atoms with Gasteiger partial charge in [-0.25, -0.2) is 4.79 Å². The Morgan fingerprint density at radius 1 is 1.04 bits per heavy atom. The number of hydrogen-bond acceptors (Lipinski definition) is 5. The summed E-state index contributed by atoms with van der Waals surface area (Å²) in [7, 11) is 0. The van der Waals surface area contributed by atoms with Crippen LogP contribution in [-0.2, 0) is 19.1 Å². The quantitative estimate of drug-likeness (QED) is 0.817. The van der Waals surface area contributed by atoms with Gasteiger partial charge in [0.25, 0.3) is 5.91 Å². The monoisotopic (exact) mass is 341 g/mol. The predicted octanol–water partition coefficient (Wildman–Crippen LogP) is 3.14. The first-order valence-electron chi connectivity index (χ1n) is 8.12. The fourth-order valence-electron chi connectivity index (χ4n) is 2.42. The molecule has 1 N–H and O–H groups in total. The average Bonchev–Trinajstić information content (AvgIpc) is 3.17. The van der Waals surface area contributed by atoms with Gasteiger partial charge in [-0.1, -0.05) is 18.2 Å². The van der Waals surface area contributed by atoms with E-state index in [4.69, 9.17) is 14.2 Å². The lowest BCUT2D eigenvalue weighted by Gasteiger charge is -2.10. The minimum Gasteiger partial charge on any atom is -0.457 e. The molecule has 1 saturated heterocycles. The SMILES string of the molecule is O=C(COC(=O)[C@@H]1CCCO1)Nc1ccc(Oc2ccccc2)cc1. The van der Waals surface area contributed by atoms with Crippen molar-refractivity contribution >= 4 is 17.6 Å². The summed E-state index contributed by atoms with van der Waals surface area (Å²) in [6.07, 6.45) is 0.939. The summed E-state index contributed by atoms with van der Waals surface area (Å²) < 4.78 is 15.8. The van der Waals surface area contributed by atoms with Crippen LogP contribution in [-0.4, -0.2) is 31.2 Å². The molecule has 3 rings (SSSR count). The Kier molecular flexibility index (Phi) is 5.64. The zero-order chi connectivity index (χ0) is 17.5. The smallest absolute Gasteiger partial charge is 0.335 e. The summed E-state index contributed by atoms with van der Waals surface area (Å²) in [5, 5.41) is 2.67. The second-order valence-corrected chi connectivity index (χ2v) is 5.60. The Labute approximate surface area is 145 Å². The third-order valence-corrected chi connectivity index (χ3v) is 3.66. The maximum Gasteiger partial charge on any atom is 0.335 e. The molecule has 0 aromatic heterocycles. The van der Waals surface area contributed by atoms with E-state index >= 15 is 0 Å². The molecule has 2 aromatic rings. The van der Waals surface area contributed by atoms with Crippen LogP contribution in [0.1, 0.15) is 12.8 Å². The number of nitrogens with one attached hydrogen (secondary N) is 1. The van der Waals surface area contributed by atoms with E-state index in [1.807, 2.05) is 30.3 Å². The molecule has 0 bridgehead atoms. The molecule has 1 fully saturated rings. The molecule has 1 amide bonds. The van der Waals surface area contributed by atoms with E-state index in [-0.39, 0.29) is 6.61 Å². The zero-order valence-electron chi connectivity index (χ0n) is 13.6. The molecule has 1 atom stereocenters. The van der Waals surface area contributed by atoms with Crippen molar-refractivity contribution in [2.75, 3.05) is 18.5 Å². The minimum absolute atomic E-state index is 0.332. The highest BCUT2D eigenvalue weighted by Crippen LogP contribution is 2.22. The molecule has 0 unspecified atom stereocenters. The molecular weight excluding hydrogens is 322 g/mol. The normalized spacial score (nSPS) is 16.2. The van der Waals surface area contributed by atoms with Crippen LogP contribution in [0.3, 0.4) is 0 Å². The molecule has 6 nitrogen and oxygen atoms in total. The molecule has 2 aromatic carbocycles. The van der Waals surface area contributed by atoms with E-state index in [1.165, 1.54) is 0 Å². The maximum absolute atomic E-state index is 11.8. The molecule has 130 valence electrons. The summed E-state index contributed by atoms with van der Waals surface area (Å²) >= 11 is 0. The van der Waals surface area contributed by atoms with Gasteiger partial charge in [0, 0.05) is 12.3 Å². The number of hydrogen-bond donors (Lipinski definition) is 1. The first-order chi connectivity index (χ1) is 12.2. The largest absolute Gasteiger partial charge is 0.457 e. The topological polar surface area (TPSA) is 73.9 Å². The van der Waals surface area contributed by atoms with Gasteiger partial charge in [-0.15, -0.1) is 0 Å². The number of amides is 1.